The summed E-state index contributed by atoms with van der Waals surface area (Å²) < 4.78 is 0. The molecule has 0 bridgehead atoms. The summed E-state index contributed by atoms with van der Waals surface area (Å²) in [5, 5.41) is 0. The van der Waals surface area contributed by atoms with Crippen LogP contribution in [0.15, 0.2) is 24.3 Å². The van der Waals surface area contributed by atoms with Gasteiger partial charge in [-0.1, -0.05) is 6.92 Å². The number of hydrogen-bond acceptors (Lipinski definition) is 3. The average Bonchev–Trinajstić information content (AvgIpc) is 2.89. The normalized spacial score (nSPS) is 21.4. The highest BCUT2D eigenvalue weighted by atomic mass is 16.2. The van der Waals surface area contributed by atoms with Crippen LogP contribution in [0.3, 0.4) is 0 Å². The lowest BCUT2D eigenvalue weighted by Crippen LogP contribution is -2.34. The minimum absolute atomic E-state index is 0.0102. The minimum atomic E-state index is -0.0640. The molecule has 1 heterocycles. The van der Waals surface area contributed by atoms with Gasteiger partial charge in [-0.25, -0.2) is 0 Å². The van der Waals surface area contributed by atoms with Gasteiger partial charge in [0.05, 0.1) is 0 Å². The molecule has 21 heavy (non-hydrogen) atoms. The first kappa shape index (κ1) is 15.5. The van der Waals surface area contributed by atoms with E-state index in [-0.39, 0.29) is 17.2 Å². The fourth-order valence-electron chi connectivity index (χ4n) is 2.56. The summed E-state index contributed by atoms with van der Waals surface area (Å²) in [7, 11) is 3.42. The van der Waals surface area contributed by atoms with Crippen LogP contribution in [0.5, 0.6) is 0 Å². The number of likely N-dealkylation sites (tertiary alicyclic amines) is 1. The van der Waals surface area contributed by atoms with Crippen molar-refractivity contribution in [3.63, 3.8) is 0 Å². The number of nitrogens with zero attached hydrogens (tertiary/aromatic N) is 2. The van der Waals surface area contributed by atoms with E-state index in [0.717, 1.165) is 13.0 Å². The van der Waals surface area contributed by atoms with Crippen molar-refractivity contribution in [3.05, 3.63) is 35.4 Å². The molecule has 1 aliphatic heterocycles. The fraction of sp³-hybridized carbons (Fsp3) is 0.500. The van der Waals surface area contributed by atoms with Crippen LogP contribution in [0, 0.1) is 5.41 Å². The molecule has 1 saturated heterocycles. The Hall–Kier alpha value is -1.88. The number of carbonyl (C=O) groups excluding carboxylic acids is 2. The molecular weight excluding hydrogens is 266 g/mol. The Morgan fingerprint density at radius 2 is 1.81 bits per heavy atom. The van der Waals surface area contributed by atoms with Crippen molar-refractivity contribution >= 4 is 11.8 Å². The fourth-order valence-corrected chi connectivity index (χ4v) is 2.56. The number of amides is 2. The summed E-state index contributed by atoms with van der Waals surface area (Å²) in [5.41, 5.74) is 7.00. The van der Waals surface area contributed by atoms with Crippen molar-refractivity contribution in [2.45, 2.75) is 13.3 Å². The second-order valence-corrected chi connectivity index (χ2v) is 6.27. The lowest BCUT2D eigenvalue weighted by molar-refractivity contribution is 0.0774. The van der Waals surface area contributed by atoms with Crippen LogP contribution >= 0.6 is 0 Å². The molecule has 1 atom stereocenters. The zero-order chi connectivity index (χ0) is 15.6. The molecule has 0 aromatic heterocycles. The maximum Gasteiger partial charge on any atom is 0.253 e. The van der Waals surface area contributed by atoms with E-state index in [2.05, 4.69) is 6.92 Å². The van der Waals surface area contributed by atoms with Gasteiger partial charge in [0.15, 0.2) is 0 Å². The maximum absolute atomic E-state index is 12.5. The standard InChI is InChI=1S/C16H23N3O2/c1-16(10-17)8-9-19(11-16)15(21)13-6-4-12(5-7-13)14(20)18(2)3/h4-7H,8-11,17H2,1-3H3. The van der Waals surface area contributed by atoms with E-state index in [1.807, 2.05) is 4.90 Å². The summed E-state index contributed by atoms with van der Waals surface area (Å²) >= 11 is 0. The number of rotatable bonds is 3. The number of hydrogen-bond donors (Lipinski definition) is 1. The second-order valence-electron chi connectivity index (χ2n) is 6.27. The number of nitrogens with two attached hydrogens (primary N) is 1. The summed E-state index contributed by atoms with van der Waals surface area (Å²) in [6.45, 7) is 4.14. The van der Waals surface area contributed by atoms with E-state index in [9.17, 15) is 9.59 Å². The smallest absolute Gasteiger partial charge is 0.253 e. The molecule has 2 amide bonds. The predicted molar refractivity (Wildman–Crippen MR) is 82.1 cm³/mol. The predicted octanol–water partition coefficient (Wildman–Crippen LogP) is 1.20. The highest BCUT2D eigenvalue weighted by Gasteiger charge is 2.35. The van der Waals surface area contributed by atoms with Crippen LogP contribution in [0.1, 0.15) is 34.1 Å². The molecule has 1 aromatic rings. The molecule has 5 nitrogen and oxygen atoms in total. The zero-order valence-corrected chi connectivity index (χ0v) is 12.9. The highest BCUT2D eigenvalue weighted by Crippen LogP contribution is 2.29. The summed E-state index contributed by atoms with van der Waals surface area (Å²) in [6.07, 6.45) is 0.937. The average molecular weight is 289 g/mol. The Morgan fingerprint density at radius 3 is 2.29 bits per heavy atom. The summed E-state index contributed by atoms with van der Waals surface area (Å²) in [4.78, 5) is 27.6. The van der Waals surface area contributed by atoms with E-state index in [1.54, 1.807) is 38.4 Å². The second kappa shape index (κ2) is 5.85. The Kier molecular flexibility index (Phi) is 4.32. The molecule has 0 saturated carbocycles. The molecule has 1 aromatic carbocycles. The number of benzene rings is 1. The molecular formula is C16H23N3O2. The first-order chi connectivity index (χ1) is 9.86. The Morgan fingerprint density at radius 1 is 1.24 bits per heavy atom. The molecule has 0 radical (unpaired) electrons. The molecule has 0 aliphatic carbocycles. The Bertz CT molecular complexity index is 539. The molecule has 0 spiro atoms. The van der Waals surface area contributed by atoms with E-state index in [0.29, 0.717) is 24.2 Å². The monoisotopic (exact) mass is 289 g/mol. The van der Waals surface area contributed by atoms with E-state index in [4.69, 9.17) is 5.73 Å². The maximum atomic E-state index is 12.5. The van der Waals surface area contributed by atoms with Gasteiger partial charge < -0.3 is 15.5 Å². The molecule has 1 aliphatic rings. The quantitative estimate of drug-likeness (QED) is 0.909. The largest absolute Gasteiger partial charge is 0.345 e. The van der Waals surface area contributed by atoms with Gasteiger partial charge in [0.1, 0.15) is 0 Å². The van der Waals surface area contributed by atoms with Crippen molar-refractivity contribution < 1.29 is 9.59 Å². The van der Waals surface area contributed by atoms with Crippen LogP contribution in [0.2, 0.25) is 0 Å². The summed E-state index contributed by atoms with van der Waals surface area (Å²) in [6, 6.07) is 6.84. The van der Waals surface area contributed by atoms with Crippen molar-refractivity contribution in [2.75, 3.05) is 33.7 Å². The van der Waals surface area contributed by atoms with Crippen molar-refractivity contribution in [3.8, 4) is 0 Å². The highest BCUT2D eigenvalue weighted by molar-refractivity contribution is 5.97. The summed E-state index contributed by atoms with van der Waals surface area (Å²) in [5.74, 6) is -0.0538. The van der Waals surface area contributed by atoms with Gasteiger partial charge in [-0.2, -0.15) is 0 Å². The first-order valence-corrected chi connectivity index (χ1v) is 7.17. The SMILES string of the molecule is CN(C)C(=O)c1ccc(C(=O)N2CCC(C)(CN)C2)cc1. The van der Waals surface area contributed by atoms with Crippen LogP contribution in [-0.4, -0.2) is 55.3 Å². The Labute approximate surface area is 125 Å². The van der Waals surface area contributed by atoms with Crippen molar-refractivity contribution in [2.24, 2.45) is 11.1 Å². The van der Waals surface area contributed by atoms with Gasteiger partial charge in [-0.05, 0) is 42.6 Å². The minimum Gasteiger partial charge on any atom is -0.345 e. The third-order valence-corrected chi connectivity index (χ3v) is 4.12. The van der Waals surface area contributed by atoms with Crippen molar-refractivity contribution in [1.82, 2.24) is 9.80 Å². The molecule has 114 valence electrons. The van der Waals surface area contributed by atoms with Gasteiger partial charge in [-0.15, -0.1) is 0 Å². The lowest BCUT2D eigenvalue weighted by Gasteiger charge is -2.22. The third kappa shape index (κ3) is 3.24. The zero-order valence-electron chi connectivity index (χ0n) is 12.9. The van der Waals surface area contributed by atoms with Crippen molar-refractivity contribution in [1.29, 1.82) is 0 Å². The topological polar surface area (TPSA) is 66.6 Å². The van der Waals surface area contributed by atoms with Gasteiger partial charge in [0, 0.05) is 38.3 Å². The van der Waals surface area contributed by atoms with Gasteiger partial charge in [0.25, 0.3) is 11.8 Å². The van der Waals surface area contributed by atoms with Crippen LogP contribution in [0.4, 0.5) is 0 Å². The Balaban J connectivity index is 2.09. The van der Waals surface area contributed by atoms with Crippen LogP contribution < -0.4 is 5.73 Å². The molecule has 2 rings (SSSR count). The molecule has 1 unspecified atom stereocenters. The molecule has 2 N–H and O–H groups in total. The van der Waals surface area contributed by atoms with Crippen LogP contribution in [0.25, 0.3) is 0 Å². The van der Waals surface area contributed by atoms with E-state index >= 15 is 0 Å². The van der Waals surface area contributed by atoms with Gasteiger partial charge >= 0.3 is 0 Å². The molecule has 1 fully saturated rings. The lowest BCUT2D eigenvalue weighted by atomic mass is 9.90. The van der Waals surface area contributed by atoms with E-state index in [1.165, 1.54) is 4.90 Å². The van der Waals surface area contributed by atoms with Crippen LogP contribution in [-0.2, 0) is 0 Å². The first-order valence-electron chi connectivity index (χ1n) is 7.17. The third-order valence-electron chi connectivity index (χ3n) is 4.12. The molecule has 5 heteroatoms. The van der Waals surface area contributed by atoms with Gasteiger partial charge in [-0.3, -0.25) is 9.59 Å². The van der Waals surface area contributed by atoms with Gasteiger partial charge in [0.2, 0.25) is 0 Å². The number of carbonyl (C=O) groups is 2. The van der Waals surface area contributed by atoms with E-state index < -0.39 is 0 Å².